The van der Waals surface area contributed by atoms with Crippen molar-refractivity contribution in [2.75, 3.05) is 5.32 Å². The molecule has 0 bridgehead atoms. The molecule has 0 aromatic heterocycles. The second-order valence-electron chi connectivity index (χ2n) is 5.67. The summed E-state index contributed by atoms with van der Waals surface area (Å²) in [5, 5.41) is 2.76. The topological polar surface area (TPSA) is 29.1 Å². The zero-order valence-electron chi connectivity index (χ0n) is 13.8. The minimum Gasteiger partial charge on any atom is -0.325 e. The normalized spacial score (nSPS) is 11.8. The van der Waals surface area contributed by atoms with Crippen LogP contribution in [0, 0.1) is 6.92 Å². The Kier molecular flexibility index (Phi) is 5.95. The van der Waals surface area contributed by atoms with Crippen molar-refractivity contribution >= 4 is 39.3 Å². The molecule has 0 aliphatic carbocycles. The van der Waals surface area contributed by atoms with Crippen LogP contribution < -0.4 is 5.32 Å². The number of hydrogen-bond donors (Lipinski definition) is 1. The Bertz CT molecular complexity index is 852. The average Bonchev–Trinajstić information content (AvgIpc) is 2.63. The third kappa shape index (κ3) is 4.74. The molecule has 25 heavy (non-hydrogen) atoms. The van der Waals surface area contributed by atoms with E-state index in [2.05, 4.69) is 21.2 Å². The van der Waals surface area contributed by atoms with Crippen molar-refractivity contribution in [1.82, 2.24) is 0 Å². The number of benzene rings is 3. The van der Waals surface area contributed by atoms with Crippen LogP contribution in [0.4, 0.5) is 5.69 Å². The van der Waals surface area contributed by atoms with Gasteiger partial charge in [-0.15, -0.1) is 11.8 Å². The average molecular weight is 412 g/mol. The molecule has 0 fully saturated rings. The predicted octanol–water partition coefficient (Wildman–Crippen LogP) is 6.23. The lowest BCUT2D eigenvalue weighted by Gasteiger charge is -2.18. The van der Waals surface area contributed by atoms with Gasteiger partial charge in [0, 0.05) is 15.1 Å². The SMILES string of the molecule is Cc1cc(Br)ccc1NC(=O)[C@@H](Sc1ccccc1)c1ccccc1. The van der Waals surface area contributed by atoms with E-state index in [0.717, 1.165) is 26.2 Å². The quantitative estimate of drug-likeness (QED) is 0.504. The lowest BCUT2D eigenvalue weighted by molar-refractivity contribution is -0.115. The van der Waals surface area contributed by atoms with Gasteiger partial charge in [0.1, 0.15) is 5.25 Å². The fraction of sp³-hybridized carbons (Fsp3) is 0.0952. The number of aryl methyl sites for hydroxylation is 1. The van der Waals surface area contributed by atoms with Crippen LogP contribution in [0.3, 0.4) is 0 Å². The van der Waals surface area contributed by atoms with Crippen molar-refractivity contribution in [2.24, 2.45) is 0 Å². The molecule has 0 spiro atoms. The Balaban J connectivity index is 1.87. The third-order valence-electron chi connectivity index (χ3n) is 3.78. The van der Waals surface area contributed by atoms with Gasteiger partial charge in [0.25, 0.3) is 0 Å². The maximum atomic E-state index is 13.0. The molecule has 3 aromatic carbocycles. The Morgan fingerprint density at radius 2 is 1.60 bits per heavy atom. The fourth-order valence-corrected chi connectivity index (χ4v) is 4.02. The Hall–Kier alpha value is -2.04. The van der Waals surface area contributed by atoms with Gasteiger partial charge in [0.15, 0.2) is 0 Å². The maximum absolute atomic E-state index is 13.0. The van der Waals surface area contributed by atoms with Crippen LogP contribution in [0.2, 0.25) is 0 Å². The van der Waals surface area contributed by atoms with Gasteiger partial charge in [-0.2, -0.15) is 0 Å². The van der Waals surface area contributed by atoms with Gasteiger partial charge in [-0.3, -0.25) is 4.79 Å². The summed E-state index contributed by atoms with van der Waals surface area (Å²) in [6.45, 7) is 1.99. The van der Waals surface area contributed by atoms with Gasteiger partial charge >= 0.3 is 0 Å². The molecule has 1 N–H and O–H groups in total. The number of carbonyl (C=O) groups is 1. The number of hydrogen-bond acceptors (Lipinski definition) is 2. The zero-order chi connectivity index (χ0) is 17.6. The van der Waals surface area contributed by atoms with Gasteiger partial charge in [-0.05, 0) is 48.4 Å². The van der Waals surface area contributed by atoms with Gasteiger partial charge in [0.05, 0.1) is 0 Å². The number of thioether (sulfide) groups is 1. The molecule has 3 rings (SSSR count). The van der Waals surface area contributed by atoms with E-state index in [1.165, 1.54) is 0 Å². The summed E-state index contributed by atoms with van der Waals surface area (Å²) in [4.78, 5) is 14.1. The van der Waals surface area contributed by atoms with E-state index in [4.69, 9.17) is 0 Å². The second-order valence-corrected chi connectivity index (χ2v) is 7.76. The standard InChI is InChI=1S/C21H18BrNOS/c1-15-14-17(22)12-13-19(15)23-21(24)20(16-8-4-2-5-9-16)25-18-10-6-3-7-11-18/h2-14,20H,1H3,(H,23,24)/t20-/m0/s1. The first-order valence-corrected chi connectivity index (χ1v) is 9.64. The third-order valence-corrected chi connectivity index (χ3v) is 5.54. The minimum absolute atomic E-state index is 0.0227. The van der Waals surface area contributed by atoms with E-state index < -0.39 is 0 Å². The van der Waals surface area contributed by atoms with Crippen molar-refractivity contribution in [3.8, 4) is 0 Å². The first-order valence-electron chi connectivity index (χ1n) is 7.97. The van der Waals surface area contributed by atoms with E-state index in [1.807, 2.05) is 85.8 Å². The van der Waals surface area contributed by atoms with Crippen molar-refractivity contribution < 1.29 is 4.79 Å². The highest BCUT2D eigenvalue weighted by molar-refractivity contribution is 9.10. The molecule has 0 radical (unpaired) electrons. The number of halogens is 1. The molecular formula is C21H18BrNOS. The molecule has 3 aromatic rings. The van der Waals surface area contributed by atoms with Crippen LogP contribution in [0.1, 0.15) is 16.4 Å². The summed E-state index contributed by atoms with van der Waals surface area (Å²) in [5.74, 6) is -0.0227. The summed E-state index contributed by atoms with van der Waals surface area (Å²) < 4.78 is 1.00. The van der Waals surface area contributed by atoms with E-state index in [0.29, 0.717) is 0 Å². The van der Waals surface area contributed by atoms with Gasteiger partial charge < -0.3 is 5.32 Å². The summed E-state index contributed by atoms with van der Waals surface area (Å²) in [5.41, 5.74) is 2.85. The number of anilines is 1. The lowest BCUT2D eigenvalue weighted by atomic mass is 10.1. The molecule has 4 heteroatoms. The maximum Gasteiger partial charge on any atom is 0.242 e. The molecular weight excluding hydrogens is 394 g/mol. The predicted molar refractivity (Wildman–Crippen MR) is 109 cm³/mol. The zero-order valence-corrected chi connectivity index (χ0v) is 16.2. The minimum atomic E-state index is -0.313. The highest BCUT2D eigenvalue weighted by atomic mass is 79.9. The van der Waals surface area contributed by atoms with Gasteiger partial charge in [-0.1, -0.05) is 64.5 Å². The van der Waals surface area contributed by atoms with Crippen molar-refractivity contribution in [1.29, 1.82) is 0 Å². The molecule has 0 aliphatic heterocycles. The highest BCUT2D eigenvalue weighted by Crippen LogP contribution is 2.36. The lowest BCUT2D eigenvalue weighted by Crippen LogP contribution is -2.19. The van der Waals surface area contributed by atoms with E-state index in [-0.39, 0.29) is 11.2 Å². The Labute approximate surface area is 160 Å². The van der Waals surface area contributed by atoms with Crippen LogP contribution in [-0.4, -0.2) is 5.91 Å². The van der Waals surface area contributed by atoms with Crippen LogP contribution in [0.15, 0.2) is 88.2 Å². The number of rotatable bonds is 5. The highest BCUT2D eigenvalue weighted by Gasteiger charge is 2.22. The van der Waals surface area contributed by atoms with Crippen LogP contribution in [0.5, 0.6) is 0 Å². The summed E-state index contributed by atoms with van der Waals surface area (Å²) in [7, 11) is 0. The summed E-state index contributed by atoms with van der Waals surface area (Å²) >= 11 is 5.01. The fourth-order valence-electron chi connectivity index (χ4n) is 2.50. The van der Waals surface area contributed by atoms with Gasteiger partial charge in [-0.25, -0.2) is 0 Å². The molecule has 1 atom stereocenters. The van der Waals surface area contributed by atoms with E-state index in [9.17, 15) is 4.79 Å². The number of nitrogens with one attached hydrogen (secondary N) is 1. The van der Waals surface area contributed by atoms with Gasteiger partial charge in [0.2, 0.25) is 5.91 Å². The molecule has 2 nitrogen and oxygen atoms in total. The second kappa shape index (κ2) is 8.37. The first-order chi connectivity index (χ1) is 12.1. The van der Waals surface area contributed by atoms with Crippen LogP contribution >= 0.6 is 27.7 Å². The molecule has 1 amide bonds. The molecule has 126 valence electrons. The first kappa shape index (κ1) is 17.8. The van der Waals surface area contributed by atoms with Crippen molar-refractivity contribution in [2.45, 2.75) is 17.1 Å². The molecule has 0 heterocycles. The van der Waals surface area contributed by atoms with Crippen LogP contribution in [-0.2, 0) is 4.79 Å². The van der Waals surface area contributed by atoms with Crippen molar-refractivity contribution in [3.63, 3.8) is 0 Å². The summed E-state index contributed by atoms with van der Waals surface area (Å²) in [6.07, 6.45) is 0. The van der Waals surface area contributed by atoms with Crippen molar-refractivity contribution in [3.05, 3.63) is 94.5 Å². The molecule has 0 unspecified atom stereocenters. The monoisotopic (exact) mass is 411 g/mol. The number of amides is 1. The Morgan fingerprint density at radius 1 is 0.960 bits per heavy atom. The largest absolute Gasteiger partial charge is 0.325 e. The van der Waals surface area contributed by atoms with E-state index in [1.54, 1.807) is 11.8 Å². The Morgan fingerprint density at radius 3 is 2.24 bits per heavy atom. The molecule has 0 aliphatic rings. The van der Waals surface area contributed by atoms with Crippen LogP contribution in [0.25, 0.3) is 0 Å². The van der Waals surface area contributed by atoms with E-state index >= 15 is 0 Å². The summed E-state index contributed by atoms with van der Waals surface area (Å²) in [6, 6.07) is 25.7. The number of carbonyl (C=O) groups excluding carboxylic acids is 1. The smallest absolute Gasteiger partial charge is 0.242 e. The molecule has 0 saturated carbocycles. The molecule has 0 saturated heterocycles.